The van der Waals surface area contributed by atoms with Crippen LogP contribution in [-0.4, -0.2) is 37.0 Å². The van der Waals surface area contributed by atoms with Gasteiger partial charge in [-0.3, -0.25) is 4.79 Å². The van der Waals surface area contributed by atoms with Gasteiger partial charge < -0.3 is 14.6 Å². The first kappa shape index (κ1) is 34.1. The van der Waals surface area contributed by atoms with Crippen LogP contribution in [0, 0.1) is 0 Å². The van der Waals surface area contributed by atoms with Crippen molar-refractivity contribution in [1.82, 2.24) is 0 Å². The number of ether oxygens (including phenoxy) is 2. The number of esters is 1. The zero-order valence-electron chi connectivity index (χ0n) is 23.6. The summed E-state index contributed by atoms with van der Waals surface area (Å²) in [6, 6.07) is 0. The summed E-state index contributed by atoms with van der Waals surface area (Å²) in [4.78, 5) is 11.7. The molecule has 0 radical (unpaired) electrons. The van der Waals surface area contributed by atoms with Crippen LogP contribution in [0.4, 0.5) is 0 Å². The molecule has 0 saturated carbocycles. The molecule has 1 N–H and O–H groups in total. The van der Waals surface area contributed by atoms with Crippen molar-refractivity contribution in [2.24, 2.45) is 0 Å². The Kier molecular flexibility index (Phi) is 28.6. The molecule has 208 valence electrons. The Bertz CT molecular complexity index is 449. The predicted octanol–water partition coefficient (Wildman–Crippen LogP) is 9.09. The number of aliphatic hydroxyl groups is 1. The zero-order valence-corrected chi connectivity index (χ0v) is 23.6. The van der Waals surface area contributed by atoms with Crippen molar-refractivity contribution in [3.8, 4) is 0 Å². The third-order valence-electron chi connectivity index (χ3n) is 6.59. The molecule has 0 aromatic rings. The molecule has 0 aliphatic heterocycles. The summed E-state index contributed by atoms with van der Waals surface area (Å²) in [5, 5.41) is 9.36. The second kappa shape index (κ2) is 29.4. The second-order valence-corrected chi connectivity index (χ2v) is 10.2. The lowest BCUT2D eigenvalue weighted by atomic mass is 10.1. The van der Waals surface area contributed by atoms with Gasteiger partial charge in [0.25, 0.3) is 0 Å². The van der Waals surface area contributed by atoms with E-state index in [0.29, 0.717) is 19.6 Å². The van der Waals surface area contributed by atoms with Crippen molar-refractivity contribution in [3.05, 3.63) is 12.2 Å². The van der Waals surface area contributed by atoms with Gasteiger partial charge in [0.05, 0.1) is 13.2 Å². The van der Waals surface area contributed by atoms with E-state index in [1.165, 1.54) is 109 Å². The highest BCUT2D eigenvalue weighted by Crippen LogP contribution is 2.12. The molecule has 0 heterocycles. The van der Waals surface area contributed by atoms with Crippen LogP contribution in [-0.2, 0) is 14.3 Å². The minimum atomic E-state index is -0.523. The summed E-state index contributed by atoms with van der Waals surface area (Å²) in [6.45, 7) is 5.19. The fourth-order valence-electron chi connectivity index (χ4n) is 4.26. The second-order valence-electron chi connectivity index (χ2n) is 10.2. The Labute approximate surface area is 218 Å². The molecule has 0 rings (SSSR count). The molecule has 4 nitrogen and oxygen atoms in total. The Morgan fingerprint density at radius 3 is 1.63 bits per heavy atom. The van der Waals surface area contributed by atoms with E-state index in [9.17, 15) is 9.90 Å². The maximum Gasteiger partial charge on any atom is 0.306 e. The van der Waals surface area contributed by atoms with Gasteiger partial charge in [-0.15, -0.1) is 0 Å². The van der Waals surface area contributed by atoms with Crippen molar-refractivity contribution < 1.29 is 19.4 Å². The van der Waals surface area contributed by atoms with Gasteiger partial charge >= 0.3 is 5.97 Å². The molecule has 35 heavy (non-hydrogen) atoms. The van der Waals surface area contributed by atoms with Crippen LogP contribution in [0.15, 0.2) is 12.2 Å². The molecule has 0 amide bonds. The summed E-state index contributed by atoms with van der Waals surface area (Å²) in [6.07, 6.45) is 31.6. The summed E-state index contributed by atoms with van der Waals surface area (Å²) in [7, 11) is 0. The van der Waals surface area contributed by atoms with E-state index in [4.69, 9.17) is 9.47 Å². The molecule has 1 atom stereocenters. The van der Waals surface area contributed by atoms with E-state index in [2.05, 4.69) is 26.0 Å². The largest absolute Gasteiger partial charge is 0.457 e. The standard InChI is InChI=1S/C31H60O4/c1-3-5-7-8-9-10-11-12-13-14-15-16-17-18-19-20-21-22-23-25-27-34-29-30(28-32)35-31(33)26-24-6-4-2/h12-13,30,32H,3-11,14-29H2,1-2H3/b13-12-. The average Bonchev–Trinajstić information content (AvgIpc) is 2.86. The maximum atomic E-state index is 11.7. The van der Waals surface area contributed by atoms with Gasteiger partial charge in [0.15, 0.2) is 0 Å². The Morgan fingerprint density at radius 2 is 1.11 bits per heavy atom. The third kappa shape index (κ3) is 27.6. The van der Waals surface area contributed by atoms with Gasteiger partial charge in [0.1, 0.15) is 6.10 Å². The quantitative estimate of drug-likeness (QED) is 0.0666. The molecule has 0 fully saturated rings. The molecule has 0 aromatic heterocycles. The van der Waals surface area contributed by atoms with E-state index in [0.717, 1.165) is 25.7 Å². The molecule has 1 unspecified atom stereocenters. The minimum absolute atomic E-state index is 0.171. The Hall–Kier alpha value is -0.870. The number of hydrogen-bond acceptors (Lipinski definition) is 4. The van der Waals surface area contributed by atoms with E-state index in [-0.39, 0.29) is 12.6 Å². The third-order valence-corrected chi connectivity index (χ3v) is 6.59. The van der Waals surface area contributed by atoms with Gasteiger partial charge in [-0.2, -0.15) is 0 Å². The number of carbonyl (C=O) groups is 1. The topological polar surface area (TPSA) is 55.8 Å². The molecular formula is C31H60O4. The SMILES string of the molecule is CCCCCCCC/C=C\CCCCCCCCCCCCOCC(CO)OC(=O)CCCCC. The summed E-state index contributed by atoms with van der Waals surface area (Å²) in [5.41, 5.74) is 0. The van der Waals surface area contributed by atoms with E-state index >= 15 is 0 Å². The molecule has 4 heteroatoms. The molecule has 0 spiro atoms. The molecule has 0 saturated heterocycles. The van der Waals surface area contributed by atoms with Crippen LogP contribution < -0.4 is 0 Å². The highest BCUT2D eigenvalue weighted by molar-refractivity contribution is 5.69. The highest BCUT2D eigenvalue weighted by Gasteiger charge is 2.13. The highest BCUT2D eigenvalue weighted by atomic mass is 16.6. The van der Waals surface area contributed by atoms with Crippen LogP contribution in [0.5, 0.6) is 0 Å². The van der Waals surface area contributed by atoms with E-state index in [1.54, 1.807) is 0 Å². The van der Waals surface area contributed by atoms with E-state index < -0.39 is 6.10 Å². The molecule has 0 aliphatic carbocycles. The van der Waals surface area contributed by atoms with Crippen molar-refractivity contribution in [3.63, 3.8) is 0 Å². The van der Waals surface area contributed by atoms with Gasteiger partial charge in [-0.25, -0.2) is 0 Å². The Morgan fingerprint density at radius 1 is 0.657 bits per heavy atom. The minimum Gasteiger partial charge on any atom is -0.457 e. The van der Waals surface area contributed by atoms with Crippen LogP contribution in [0.3, 0.4) is 0 Å². The first-order valence-electron chi connectivity index (χ1n) is 15.3. The maximum absolute atomic E-state index is 11.7. The average molecular weight is 497 g/mol. The predicted molar refractivity (Wildman–Crippen MR) is 150 cm³/mol. The first-order chi connectivity index (χ1) is 17.2. The molecular weight excluding hydrogens is 436 g/mol. The summed E-state index contributed by atoms with van der Waals surface area (Å²) < 4.78 is 10.9. The number of unbranched alkanes of at least 4 members (excludes halogenated alkanes) is 18. The Balaban J connectivity index is 3.30. The fraction of sp³-hybridized carbons (Fsp3) is 0.903. The normalized spacial score (nSPS) is 12.4. The number of allylic oxidation sites excluding steroid dienone is 2. The molecule has 0 aliphatic rings. The first-order valence-corrected chi connectivity index (χ1v) is 15.3. The number of carbonyl (C=O) groups excluding carboxylic acids is 1. The summed E-state index contributed by atoms with van der Waals surface area (Å²) >= 11 is 0. The van der Waals surface area contributed by atoms with Gasteiger partial charge in [-0.1, -0.05) is 122 Å². The van der Waals surface area contributed by atoms with Gasteiger partial charge in [-0.05, 0) is 38.5 Å². The number of rotatable bonds is 28. The van der Waals surface area contributed by atoms with Crippen molar-refractivity contribution >= 4 is 5.97 Å². The number of hydrogen-bond donors (Lipinski definition) is 1. The summed E-state index contributed by atoms with van der Waals surface area (Å²) in [5.74, 6) is -0.225. The van der Waals surface area contributed by atoms with Crippen LogP contribution in [0.1, 0.15) is 155 Å². The van der Waals surface area contributed by atoms with Gasteiger partial charge in [0, 0.05) is 13.0 Å². The lowest BCUT2D eigenvalue weighted by Gasteiger charge is -2.15. The molecule has 0 aromatic carbocycles. The van der Waals surface area contributed by atoms with Crippen LogP contribution >= 0.6 is 0 Å². The zero-order chi connectivity index (χ0) is 25.7. The smallest absolute Gasteiger partial charge is 0.306 e. The van der Waals surface area contributed by atoms with Crippen molar-refractivity contribution in [2.45, 2.75) is 161 Å². The monoisotopic (exact) mass is 496 g/mol. The number of aliphatic hydroxyl groups excluding tert-OH is 1. The van der Waals surface area contributed by atoms with Crippen LogP contribution in [0.2, 0.25) is 0 Å². The fourth-order valence-corrected chi connectivity index (χ4v) is 4.26. The van der Waals surface area contributed by atoms with Gasteiger partial charge in [0.2, 0.25) is 0 Å². The lowest BCUT2D eigenvalue weighted by molar-refractivity contribution is -0.154. The molecule has 0 bridgehead atoms. The van der Waals surface area contributed by atoms with Crippen LogP contribution in [0.25, 0.3) is 0 Å². The van der Waals surface area contributed by atoms with Crippen molar-refractivity contribution in [1.29, 1.82) is 0 Å². The van der Waals surface area contributed by atoms with E-state index in [1.807, 2.05) is 0 Å². The lowest BCUT2D eigenvalue weighted by Crippen LogP contribution is -2.27. The van der Waals surface area contributed by atoms with Crippen molar-refractivity contribution in [2.75, 3.05) is 19.8 Å².